The van der Waals surface area contributed by atoms with Crippen molar-refractivity contribution in [2.45, 2.75) is 20.0 Å². The van der Waals surface area contributed by atoms with Gasteiger partial charge in [0.25, 0.3) is 0 Å². The van der Waals surface area contributed by atoms with Crippen LogP contribution in [0.1, 0.15) is 22.7 Å². The fourth-order valence-electron chi connectivity index (χ4n) is 1.93. The van der Waals surface area contributed by atoms with Crippen LogP contribution in [-0.4, -0.2) is 29.4 Å². The summed E-state index contributed by atoms with van der Waals surface area (Å²) in [5, 5.41) is 11.5. The van der Waals surface area contributed by atoms with Crippen molar-refractivity contribution in [3.63, 3.8) is 0 Å². The summed E-state index contributed by atoms with van der Waals surface area (Å²) in [5.74, 6) is 0.639. The molecule has 0 saturated carbocycles. The number of ether oxygens (including phenoxy) is 1. The van der Waals surface area contributed by atoms with Gasteiger partial charge in [0.1, 0.15) is 12.4 Å². The molecule has 0 aliphatic heterocycles. The minimum Gasteiger partial charge on any atom is -0.487 e. The standard InChI is InChI=1S/C18H19N3O2S/c1-14-20-16(13-24-14)12-23-17-7-4-15(5-8-17)6-9-18(22)21(2)11-3-10-19/h4-9,13H,3,11-12H2,1-2H3/b9-6+. The second kappa shape index (κ2) is 8.85. The van der Waals surface area contributed by atoms with E-state index in [2.05, 4.69) is 4.98 Å². The molecule has 2 rings (SSSR count). The van der Waals surface area contributed by atoms with Gasteiger partial charge in [-0.15, -0.1) is 11.3 Å². The van der Waals surface area contributed by atoms with Crippen molar-refractivity contribution in [3.8, 4) is 11.8 Å². The van der Waals surface area contributed by atoms with Crippen LogP contribution < -0.4 is 4.74 Å². The van der Waals surface area contributed by atoms with E-state index >= 15 is 0 Å². The molecule has 0 saturated heterocycles. The fraction of sp³-hybridized carbons (Fsp3) is 0.278. The van der Waals surface area contributed by atoms with Gasteiger partial charge in [-0.1, -0.05) is 12.1 Å². The minimum atomic E-state index is -0.121. The van der Waals surface area contributed by atoms with Gasteiger partial charge in [-0.25, -0.2) is 4.98 Å². The van der Waals surface area contributed by atoms with Crippen molar-refractivity contribution >= 4 is 23.3 Å². The molecule has 1 aromatic heterocycles. The molecule has 5 nitrogen and oxygen atoms in total. The highest BCUT2D eigenvalue weighted by molar-refractivity contribution is 7.09. The summed E-state index contributed by atoms with van der Waals surface area (Å²) >= 11 is 1.60. The molecule has 0 bridgehead atoms. The van der Waals surface area contributed by atoms with E-state index in [1.807, 2.05) is 42.6 Å². The van der Waals surface area contributed by atoms with Gasteiger partial charge in [0.15, 0.2) is 0 Å². The Bertz CT molecular complexity index is 744. The van der Waals surface area contributed by atoms with Crippen molar-refractivity contribution in [3.05, 3.63) is 52.0 Å². The Kier molecular flexibility index (Phi) is 6.52. The lowest BCUT2D eigenvalue weighted by molar-refractivity contribution is -0.124. The Morgan fingerprint density at radius 3 is 2.79 bits per heavy atom. The van der Waals surface area contributed by atoms with Crippen LogP contribution >= 0.6 is 11.3 Å². The number of carbonyl (C=O) groups excluding carboxylic acids is 1. The molecule has 0 aliphatic rings. The molecule has 0 spiro atoms. The summed E-state index contributed by atoms with van der Waals surface area (Å²) in [4.78, 5) is 17.7. The van der Waals surface area contributed by atoms with Gasteiger partial charge < -0.3 is 9.64 Å². The Labute approximate surface area is 145 Å². The van der Waals surface area contributed by atoms with E-state index in [0.29, 0.717) is 19.6 Å². The number of amides is 1. The predicted molar refractivity (Wildman–Crippen MR) is 94.5 cm³/mol. The second-order valence-corrected chi connectivity index (χ2v) is 6.28. The Morgan fingerprint density at radius 1 is 1.42 bits per heavy atom. The maximum atomic E-state index is 11.8. The lowest BCUT2D eigenvalue weighted by Gasteiger charge is -2.12. The third kappa shape index (κ3) is 5.52. The van der Waals surface area contributed by atoms with Crippen LogP contribution in [0.4, 0.5) is 0 Å². The van der Waals surface area contributed by atoms with E-state index in [4.69, 9.17) is 10.00 Å². The minimum absolute atomic E-state index is 0.121. The van der Waals surface area contributed by atoms with Gasteiger partial charge in [0, 0.05) is 25.0 Å². The summed E-state index contributed by atoms with van der Waals surface area (Å²) in [5.41, 5.74) is 1.83. The van der Waals surface area contributed by atoms with Crippen LogP contribution in [0.2, 0.25) is 0 Å². The summed E-state index contributed by atoms with van der Waals surface area (Å²) < 4.78 is 5.68. The Hall–Kier alpha value is -2.65. The number of nitriles is 1. The van der Waals surface area contributed by atoms with Crippen molar-refractivity contribution in [1.29, 1.82) is 5.26 Å². The number of hydrogen-bond acceptors (Lipinski definition) is 5. The van der Waals surface area contributed by atoms with Gasteiger partial charge in [0.05, 0.1) is 23.2 Å². The number of aromatic nitrogens is 1. The molecule has 24 heavy (non-hydrogen) atoms. The predicted octanol–water partition coefficient (Wildman–Crippen LogP) is 3.42. The molecule has 0 radical (unpaired) electrons. The highest BCUT2D eigenvalue weighted by atomic mass is 32.1. The van der Waals surface area contributed by atoms with E-state index in [9.17, 15) is 4.79 Å². The van der Waals surface area contributed by atoms with E-state index in [0.717, 1.165) is 22.0 Å². The fourth-order valence-corrected chi connectivity index (χ4v) is 2.53. The first-order valence-electron chi connectivity index (χ1n) is 7.52. The van der Waals surface area contributed by atoms with E-state index in [1.165, 1.54) is 11.0 Å². The zero-order chi connectivity index (χ0) is 17.4. The number of likely N-dealkylation sites (N-methyl/N-ethyl adjacent to an activating group) is 1. The summed E-state index contributed by atoms with van der Waals surface area (Å²) in [7, 11) is 1.68. The lowest BCUT2D eigenvalue weighted by Crippen LogP contribution is -2.25. The van der Waals surface area contributed by atoms with Crippen LogP contribution in [0.15, 0.2) is 35.7 Å². The largest absolute Gasteiger partial charge is 0.487 e. The lowest BCUT2D eigenvalue weighted by atomic mass is 10.2. The summed E-state index contributed by atoms with van der Waals surface area (Å²) in [6, 6.07) is 9.53. The molecular formula is C18H19N3O2S. The molecule has 0 atom stereocenters. The average molecular weight is 341 g/mol. The van der Waals surface area contributed by atoms with Crippen molar-refractivity contribution in [1.82, 2.24) is 9.88 Å². The van der Waals surface area contributed by atoms with Crippen molar-refractivity contribution in [2.24, 2.45) is 0 Å². The number of nitrogens with zero attached hydrogens (tertiary/aromatic N) is 3. The highest BCUT2D eigenvalue weighted by Gasteiger charge is 2.04. The summed E-state index contributed by atoms with van der Waals surface area (Å²) in [6.45, 7) is 2.85. The smallest absolute Gasteiger partial charge is 0.246 e. The van der Waals surface area contributed by atoms with Crippen LogP contribution in [-0.2, 0) is 11.4 Å². The topological polar surface area (TPSA) is 66.2 Å². The number of benzene rings is 1. The molecule has 0 fully saturated rings. The molecule has 0 aliphatic carbocycles. The first-order chi connectivity index (χ1) is 11.6. The molecule has 1 heterocycles. The number of hydrogen-bond donors (Lipinski definition) is 0. The molecule has 0 unspecified atom stereocenters. The van der Waals surface area contributed by atoms with Crippen LogP contribution in [0, 0.1) is 18.3 Å². The first-order valence-corrected chi connectivity index (χ1v) is 8.40. The number of thiazole rings is 1. The highest BCUT2D eigenvalue weighted by Crippen LogP contribution is 2.16. The second-order valence-electron chi connectivity index (χ2n) is 5.22. The number of carbonyl (C=O) groups is 1. The van der Waals surface area contributed by atoms with Gasteiger partial charge >= 0.3 is 0 Å². The van der Waals surface area contributed by atoms with E-state index in [-0.39, 0.29) is 5.91 Å². The molecular weight excluding hydrogens is 322 g/mol. The molecule has 6 heteroatoms. The third-order valence-electron chi connectivity index (χ3n) is 3.29. The van der Waals surface area contributed by atoms with Gasteiger partial charge in [0.2, 0.25) is 5.91 Å². The summed E-state index contributed by atoms with van der Waals surface area (Å²) in [6.07, 6.45) is 3.59. The Morgan fingerprint density at radius 2 is 2.17 bits per heavy atom. The van der Waals surface area contributed by atoms with Crippen LogP contribution in [0.25, 0.3) is 6.08 Å². The van der Waals surface area contributed by atoms with Crippen molar-refractivity contribution in [2.75, 3.05) is 13.6 Å². The normalized spacial score (nSPS) is 10.5. The quantitative estimate of drug-likeness (QED) is 0.724. The molecule has 124 valence electrons. The maximum absolute atomic E-state index is 11.8. The molecule has 2 aromatic rings. The molecule has 1 aromatic carbocycles. The van der Waals surface area contributed by atoms with E-state index in [1.54, 1.807) is 24.5 Å². The van der Waals surface area contributed by atoms with Crippen LogP contribution in [0.3, 0.4) is 0 Å². The van der Waals surface area contributed by atoms with Gasteiger partial charge in [-0.3, -0.25) is 4.79 Å². The maximum Gasteiger partial charge on any atom is 0.246 e. The van der Waals surface area contributed by atoms with Crippen molar-refractivity contribution < 1.29 is 9.53 Å². The monoisotopic (exact) mass is 341 g/mol. The van der Waals surface area contributed by atoms with Gasteiger partial charge in [-0.2, -0.15) is 5.26 Å². The van der Waals surface area contributed by atoms with E-state index < -0.39 is 0 Å². The number of rotatable bonds is 7. The molecule has 0 N–H and O–H groups in total. The Balaban J connectivity index is 1.86. The first kappa shape index (κ1) is 17.7. The SMILES string of the molecule is Cc1nc(COc2ccc(/C=C/C(=O)N(C)CCC#N)cc2)cs1. The third-order valence-corrected chi connectivity index (χ3v) is 4.11. The van der Waals surface area contributed by atoms with Gasteiger partial charge in [-0.05, 0) is 30.7 Å². The van der Waals surface area contributed by atoms with Crippen LogP contribution in [0.5, 0.6) is 5.75 Å². The number of aryl methyl sites for hydroxylation is 1. The zero-order valence-corrected chi connectivity index (χ0v) is 14.5. The molecule has 1 amide bonds. The average Bonchev–Trinajstić information content (AvgIpc) is 3.02. The zero-order valence-electron chi connectivity index (χ0n) is 13.7.